The number of amides is 1. The molecule has 2 aromatic carbocycles. The topological polar surface area (TPSA) is 71.4 Å². The summed E-state index contributed by atoms with van der Waals surface area (Å²) in [5.74, 6) is -0.105. The first kappa shape index (κ1) is 23.5. The summed E-state index contributed by atoms with van der Waals surface area (Å²) in [7, 11) is -3.57. The van der Waals surface area contributed by atoms with Gasteiger partial charge >= 0.3 is 0 Å². The smallest absolute Gasteiger partial charge is 0.243 e. The molecule has 7 heteroatoms. The number of sulfonamides is 1. The molecule has 1 atom stereocenters. The van der Waals surface area contributed by atoms with Gasteiger partial charge in [-0.05, 0) is 69.4 Å². The molecule has 0 bridgehead atoms. The fourth-order valence-electron chi connectivity index (χ4n) is 4.58. The number of aromatic nitrogens is 1. The van der Waals surface area contributed by atoms with E-state index in [1.165, 1.54) is 9.87 Å². The van der Waals surface area contributed by atoms with E-state index in [0.717, 1.165) is 30.3 Å². The van der Waals surface area contributed by atoms with Crippen LogP contribution in [-0.4, -0.2) is 42.3 Å². The Morgan fingerprint density at radius 2 is 1.82 bits per heavy atom. The Balaban J connectivity index is 1.31. The van der Waals surface area contributed by atoms with E-state index < -0.39 is 10.0 Å². The molecule has 6 nitrogen and oxygen atoms in total. The summed E-state index contributed by atoms with van der Waals surface area (Å²) in [6, 6.07) is 17.6. The zero-order valence-electron chi connectivity index (χ0n) is 19.4. The lowest BCUT2D eigenvalue weighted by Gasteiger charge is -2.31. The molecule has 1 fully saturated rings. The van der Waals surface area contributed by atoms with E-state index >= 15 is 0 Å². The number of benzene rings is 2. The van der Waals surface area contributed by atoms with Gasteiger partial charge in [0.15, 0.2) is 0 Å². The zero-order valence-corrected chi connectivity index (χ0v) is 20.2. The van der Waals surface area contributed by atoms with Crippen LogP contribution in [0, 0.1) is 5.92 Å². The highest BCUT2D eigenvalue weighted by molar-refractivity contribution is 7.89. The van der Waals surface area contributed by atoms with Crippen molar-refractivity contribution in [1.82, 2.24) is 14.2 Å². The highest BCUT2D eigenvalue weighted by atomic mass is 32.2. The predicted octanol–water partition coefficient (Wildman–Crippen LogP) is 4.20. The lowest BCUT2D eigenvalue weighted by molar-refractivity contribution is -0.126. The maximum absolute atomic E-state index is 13.2. The third-order valence-corrected chi connectivity index (χ3v) is 8.54. The zero-order chi connectivity index (χ0) is 23.4. The average Bonchev–Trinajstić information content (AvgIpc) is 3.26. The highest BCUT2D eigenvalue weighted by Crippen LogP contribution is 2.27. The van der Waals surface area contributed by atoms with Crippen molar-refractivity contribution >= 4 is 26.8 Å². The van der Waals surface area contributed by atoms with Crippen LogP contribution in [0.15, 0.2) is 65.7 Å². The van der Waals surface area contributed by atoms with Crippen LogP contribution < -0.4 is 5.32 Å². The lowest BCUT2D eigenvalue weighted by Crippen LogP contribution is -2.44. The minimum absolute atomic E-state index is 0.0370. The van der Waals surface area contributed by atoms with E-state index in [2.05, 4.69) is 28.9 Å². The Morgan fingerprint density at radius 3 is 2.52 bits per heavy atom. The van der Waals surface area contributed by atoms with Crippen LogP contribution in [0.3, 0.4) is 0 Å². The van der Waals surface area contributed by atoms with E-state index in [4.69, 9.17) is 0 Å². The van der Waals surface area contributed by atoms with Crippen molar-refractivity contribution in [2.75, 3.05) is 13.1 Å². The number of hydrogen-bond donors (Lipinski definition) is 1. The van der Waals surface area contributed by atoms with Gasteiger partial charge in [0.05, 0.1) is 4.90 Å². The Kier molecular flexibility index (Phi) is 7.20. The molecule has 0 unspecified atom stereocenters. The van der Waals surface area contributed by atoms with Gasteiger partial charge in [0, 0.05) is 48.7 Å². The van der Waals surface area contributed by atoms with Crippen LogP contribution >= 0.6 is 0 Å². The van der Waals surface area contributed by atoms with Crippen LogP contribution in [0.1, 0.15) is 38.7 Å². The molecule has 1 aliphatic rings. The number of hydrogen-bond acceptors (Lipinski definition) is 3. The molecule has 1 amide bonds. The van der Waals surface area contributed by atoms with Crippen LogP contribution in [0.5, 0.6) is 0 Å². The third-order valence-electron chi connectivity index (χ3n) is 6.64. The van der Waals surface area contributed by atoms with Crippen LogP contribution in [0.2, 0.25) is 0 Å². The summed E-state index contributed by atoms with van der Waals surface area (Å²) in [4.78, 5) is 13.1. The number of rotatable bonds is 8. The lowest BCUT2D eigenvalue weighted by atomic mass is 9.96. The fraction of sp³-hybridized carbons (Fsp3) is 0.423. The number of carbonyl (C=O) groups excluding carboxylic acids is 1. The molecule has 0 radical (unpaired) electrons. The summed E-state index contributed by atoms with van der Waals surface area (Å²) in [5, 5.41) is 4.05. The minimum Gasteiger partial charge on any atom is -0.353 e. The van der Waals surface area contributed by atoms with E-state index in [-0.39, 0.29) is 17.9 Å². The molecular formula is C26H33N3O3S. The van der Waals surface area contributed by atoms with Gasteiger partial charge in [0.2, 0.25) is 15.9 Å². The molecule has 176 valence electrons. The normalized spacial score (nSPS) is 16.7. The summed E-state index contributed by atoms with van der Waals surface area (Å²) in [6.07, 6.45) is 4.87. The molecule has 1 aromatic heterocycles. The first-order chi connectivity index (χ1) is 15.9. The molecule has 1 aliphatic heterocycles. The van der Waals surface area contributed by atoms with Gasteiger partial charge in [-0.15, -0.1) is 0 Å². The molecule has 0 saturated carbocycles. The SMILES string of the molecule is CCn1ccc2cc(S(=O)(=O)N3CCC(C(=O)N[C@@H](C)CCc4ccccc4)CC3)ccc21. The number of nitrogens with zero attached hydrogens (tertiary/aromatic N) is 2. The van der Waals surface area contributed by atoms with Crippen molar-refractivity contribution in [2.24, 2.45) is 5.92 Å². The number of piperidine rings is 1. The van der Waals surface area contributed by atoms with Crippen molar-refractivity contribution < 1.29 is 13.2 Å². The Labute approximate surface area is 196 Å². The van der Waals surface area contributed by atoms with Gasteiger partial charge in [0.25, 0.3) is 0 Å². The molecular weight excluding hydrogens is 434 g/mol. The standard InChI is InChI=1S/C26H33N3O3S/c1-3-28-16-13-23-19-24(11-12-25(23)28)33(31,32)29-17-14-22(15-18-29)26(30)27-20(2)9-10-21-7-5-4-6-8-21/h4-8,11-13,16,19-20,22H,3,9-10,14-15,17-18H2,1-2H3,(H,27,30)/t20-/m0/s1. The van der Waals surface area contributed by atoms with E-state index in [0.29, 0.717) is 30.8 Å². The van der Waals surface area contributed by atoms with Crippen molar-refractivity contribution in [3.63, 3.8) is 0 Å². The fourth-order valence-corrected chi connectivity index (χ4v) is 6.09. The molecule has 1 N–H and O–H groups in total. The Bertz CT molecular complexity index is 1200. The van der Waals surface area contributed by atoms with E-state index in [1.807, 2.05) is 43.5 Å². The average molecular weight is 468 g/mol. The monoisotopic (exact) mass is 467 g/mol. The van der Waals surface area contributed by atoms with Crippen LogP contribution in [0.25, 0.3) is 10.9 Å². The second-order valence-electron chi connectivity index (χ2n) is 8.93. The molecule has 4 rings (SSSR count). The maximum Gasteiger partial charge on any atom is 0.243 e. The summed E-state index contributed by atoms with van der Waals surface area (Å²) < 4.78 is 30.0. The number of nitrogens with one attached hydrogen (secondary N) is 1. The third kappa shape index (κ3) is 5.31. The quantitative estimate of drug-likeness (QED) is 0.540. The van der Waals surface area contributed by atoms with Gasteiger partial charge < -0.3 is 9.88 Å². The van der Waals surface area contributed by atoms with Gasteiger partial charge in [-0.2, -0.15) is 4.31 Å². The Morgan fingerprint density at radius 1 is 1.09 bits per heavy atom. The van der Waals surface area contributed by atoms with Gasteiger partial charge in [-0.25, -0.2) is 8.42 Å². The molecule has 0 aliphatic carbocycles. The van der Waals surface area contributed by atoms with Crippen molar-refractivity contribution in [3.8, 4) is 0 Å². The molecule has 33 heavy (non-hydrogen) atoms. The number of fused-ring (bicyclic) bond motifs is 1. The van der Waals surface area contributed by atoms with Crippen LogP contribution in [0.4, 0.5) is 0 Å². The summed E-state index contributed by atoms with van der Waals surface area (Å²) in [5.41, 5.74) is 2.30. The predicted molar refractivity (Wildman–Crippen MR) is 131 cm³/mol. The van der Waals surface area contributed by atoms with Crippen molar-refractivity contribution in [3.05, 3.63) is 66.4 Å². The second kappa shape index (κ2) is 10.1. The first-order valence-electron chi connectivity index (χ1n) is 11.8. The van der Waals surface area contributed by atoms with E-state index in [9.17, 15) is 13.2 Å². The highest BCUT2D eigenvalue weighted by Gasteiger charge is 2.32. The molecule has 1 saturated heterocycles. The Hall–Kier alpha value is -2.64. The van der Waals surface area contributed by atoms with Gasteiger partial charge in [-0.1, -0.05) is 30.3 Å². The van der Waals surface area contributed by atoms with Crippen molar-refractivity contribution in [2.45, 2.75) is 57.0 Å². The molecule has 0 spiro atoms. The first-order valence-corrected chi connectivity index (χ1v) is 13.3. The number of carbonyl (C=O) groups is 1. The molecule has 2 heterocycles. The second-order valence-corrected chi connectivity index (χ2v) is 10.9. The maximum atomic E-state index is 13.2. The van der Waals surface area contributed by atoms with Gasteiger partial charge in [0.1, 0.15) is 0 Å². The van der Waals surface area contributed by atoms with Crippen molar-refractivity contribution in [1.29, 1.82) is 0 Å². The van der Waals surface area contributed by atoms with E-state index in [1.54, 1.807) is 12.1 Å². The van der Waals surface area contributed by atoms with Crippen LogP contribution in [-0.2, 0) is 27.8 Å². The minimum atomic E-state index is -3.57. The summed E-state index contributed by atoms with van der Waals surface area (Å²) in [6.45, 7) is 5.67. The number of aryl methyl sites for hydroxylation is 2. The molecule has 3 aromatic rings. The van der Waals surface area contributed by atoms with Gasteiger partial charge in [-0.3, -0.25) is 4.79 Å². The largest absolute Gasteiger partial charge is 0.353 e. The summed E-state index contributed by atoms with van der Waals surface area (Å²) >= 11 is 0.